The number of hydrogen-bond donors (Lipinski definition) is 0. The van der Waals surface area contributed by atoms with E-state index in [2.05, 4.69) is 0 Å². The van der Waals surface area contributed by atoms with Crippen LogP contribution in [0.1, 0.15) is 28.8 Å². The molecule has 0 radical (unpaired) electrons. The summed E-state index contributed by atoms with van der Waals surface area (Å²) in [7, 11) is 0. The topological polar surface area (TPSA) is 72.2 Å². The number of rotatable bonds is 6. The first kappa shape index (κ1) is 22.8. The molecule has 1 aromatic heterocycles. The first-order chi connectivity index (χ1) is 17.2. The second kappa shape index (κ2) is 10.5. The van der Waals surface area contributed by atoms with Crippen molar-refractivity contribution in [3.05, 3.63) is 84.3 Å². The van der Waals surface area contributed by atoms with Crippen LogP contribution in [0.2, 0.25) is 0 Å². The maximum absolute atomic E-state index is 13.7. The molecule has 5 rings (SSSR count). The molecule has 3 heterocycles. The SMILES string of the molecule is O=C(c1ccoc1)N1CCC(C(=O)N(C/C=C\c2ccccc2)c2ccc3c(c2)OCCO3)CC1. The van der Waals surface area contributed by atoms with Crippen LogP contribution in [-0.2, 0) is 4.79 Å². The number of fused-ring (bicyclic) bond motifs is 1. The normalized spacial score (nSPS) is 15.8. The molecule has 0 spiro atoms. The van der Waals surface area contributed by atoms with Crippen LogP contribution in [-0.4, -0.2) is 49.6 Å². The number of amides is 2. The van der Waals surface area contributed by atoms with Crippen LogP contribution >= 0.6 is 0 Å². The average molecular weight is 473 g/mol. The lowest BCUT2D eigenvalue weighted by Gasteiger charge is -2.34. The molecule has 7 nitrogen and oxygen atoms in total. The van der Waals surface area contributed by atoms with Gasteiger partial charge in [0.15, 0.2) is 11.5 Å². The molecule has 7 heteroatoms. The van der Waals surface area contributed by atoms with Crippen molar-refractivity contribution < 1.29 is 23.5 Å². The highest BCUT2D eigenvalue weighted by Gasteiger charge is 2.31. The molecule has 2 aliphatic rings. The molecule has 0 N–H and O–H groups in total. The molecule has 0 saturated carbocycles. The van der Waals surface area contributed by atoms with E-state index >= 15 is 0 Å². The Morgan fingerprint density at radius 3 is 2.49 bits per heavy atom. The maximum atomic E-state index is 13.7. The van der Waals surface area contributed by atoms with Gasteiger partial charge in [-0.3, -0.25) is 9.59 Å². The smallest absolute Gasteiger partial charge is 0.257 e. The largest absolute Gasteiger partial charge is 0.486 e. The van der Waals surface area contributed by atoms with Crippen LogP contribution in [0.15, 0.2) is 77.6 Å². The van der Waals surface area contributed by atoms with Crippen molar-refractivity contribution in [1.29, 1.82) is 0 Å². The number of nitrogens with zero attached hydrogens (tertiary/aromatic N) is 2. The van der Waals surface area contributed by atoms with Gasteiger partial charge in [-0.25, -0.2) is 0 Å². The Morgan fingerprint density at radius 1 is 0.971 bits per heavy atom. The first-order valence-electron chi connectivity index (χ1n) is 11.9. The number of anilines is 1. The highest BCUT2D eigenvalue weighted by Crippen LogP contribution is 2.35. The zero-order valence-corrected chi connectivity index (χ0v) is 19.5. The maximum Gasteiger partial charge on any atom is 0.257 e. The molecule has 0 atom stereocenters. The van der Waals surface area contributed by atoms with Crippen LogP contribution in [0.5, 0.6) is 11.5 Å². The van der Waals surface area contributed by atoms with Crippen molar-refractivity contribution in [3.8, 4) is 11.5 Å². The highest BCUT2D eigenvalue weighted by atomic mass is 16.6. The summed E-state index contributed by atoms with van der Waals surface area (Å²) < 4.78 is 16.4. The van der Waals surface area contributed by atoms with E-state index < -0.39 is 0 Å². The second-order valence-corrected chi connectivity index (χ2v) is 8.67. The Bertz CT molecular complexity index is 1180. The minimum atomic E-state index is -0.165. The Hall–Kier alpha value is -4.00. The number of carbonyl (C=O) groups excluding carboxylic acids is 2. The molecule has 2 aromatic carbocycles. The number of piperidine rings is 1. The van der Waals surface area contributed by atoms with E-state index in [0.717, 1.165) is 11.3 Å². The Morgan fingerprint density at radius 2 is 1.74 bits per heavy atom. The number of hydrogen-bond acceptors (Lipinski definition) is 5. The molecule has 0 aliphatic carbocycles. The molecule has 2 amide bonds. The van der Waals surface area contributed by atoms with E-state index in [1.54, 1.807) is 15.9 Å². The lowest BCUT2D eigenvalue weighted by molar-refractivity contribution is -0.123. The van der Waals surface area contributed by atoms with E-state index in [4.69, 9.17) is 13.9 Å². The molecule has 1 saturated heterocycles. The molecule has 35 heavy (non-hydrogen) atoms. The Labute approximate surface area is 204 Å². The van der Waals surface area contributed by atoms with E-state index in [1.165, 1.54) is 12.5 Å². The van der Waals surface area contributed by atoms with Gasteiger partial charge in [0.1, 0.15) is 19.5 Å². The summed E-state index contributed by atoms with van der Waals surface area (Å²) in [6, 6.07) is 17.3. The van der Waals surface area contributed by atoms with E-state index in [0.29, 0.717) is 62.8 Å². The average Bonchev–Trinajstić information content (AvgIpc) is 3.46. The van der Waals surface area contributed by atoms with Gasteiger partial charge in [0.2, 0.25) is 5.91 Å². The van der Waals surface area contributed by atoms with E-state index in [1.807, 2.05) is 60.7 Å². The van der Waals surface area contributed by atoms with Gasteiger partial charge in [-0.15, -0.1) is 0 Å². The molecule has 1 fully saturated rings. The Kier molecular flexibility index (Phi) is 6.84. The van der Waals surface area contributed by atoms with Gasteiger partial charge in [0, 0.05) is 37.3 Å². The van der Waals surface area contributed by atoms with Crippen molar-refractivity contribution >= 4 is 23.6 Å². The van der Waals surface area contributed by atoms with Gasteiger partial charge in [0.05, 0.1) is 11.8 Å². The summed E-state index contributed by atoms with van der Waals surface area (Å²) in [5, 5.41) is 0. The summed E-state index contributed by atoms with van der Waals surface area (Å²) in [4.78, 5) is 29.9. The molecule has 180 valence electrons. The lowest BCUT2D eigenvalue weighted by Crippen LogP contribution is -2.44. The van der Waals surface area contributed by atoms with Crippen LogP contribution in [0.25, 0.3) is 6.08 Å². The molecule has 2 aliphatic heterocycles. The molecule has 3 aromatic rings. The fourth-order valence-electron chi connectivity index (χ4n) is 4.50. The third-order valence-electron chi connectivity index (χ3n) is 6.40. The van der Waals surface area contributed by atoms with Crippen LogP contribution < -0.4 is 14.4 Å². The minimum absolute atomic E-state index is 0.0507. The molecule has 0 bridgehead atoms. The minimum Gasteiger partial charge on any atom is -0.486 e. The number of carbonyl (C=O) groups is 2. The number of likely N-dealkylation sites (tertiary alicyclic amines) is 1. The van der Waals surface area contributed by atoms with Gasteiger partial charge >= 0.3 is 0 Å². The molecule has 0 unspecified atom stereocenters. The third-order valence-corrected chi connectivity index (χ3v) is 6.40. The predicted molar refractivity (Wildman–Crippen MR) is 133 cm³/mol. The summed E-state index contributed by atoms with van der Waals surface area (Å²) in [6.45, 7) is 2.51. The van der Waals surface area contributed by atoms with Gasteiger partial charge in [-0.2, -0.15) is 0 Å². The Balaban J connectivity index is 1.32. The van der Waals surface area contributed by atoms with Gasteiger partial charge in [-0.05, 0) is 36.6 Å². The van der Waals surface area contributed by atoms with E-state index in [-0.39, 0.29) is 17.7 Å². The van der Waals surface area contributed by atoms with Crippen molar-refractivity contribution in [2.45, 2.75) is 12.8 Å². The third kappa shape index (κ3) is 5.24. The van der Waals surface area contributed by atoms with Crippen molar-refractivity contribution in [2.24, 2.45) is 5.92 Å². The van der Waals surface area contributed by atoms with Crippen LogP contribution in [0.4, 0.5) is 5.69 Å². The van der Waals surface area contributed by atoms with Gasteiger partial charge < -0.3 is 23.7 Å². The number of furan rings is 1. The lowest BCUT2D eigenvalue weighted by atomic mass is 9.94. The zero-order chi connectivity index (χ0) is 24.0. The number of benzene rings is 2. The van der Waals surface area contributed by atoms with Gasteiger partial charge in [-0.1, -0.05) is 42.5 Å². The fourth-order valence-corrected chi connectivity index (χ4v) is 4.50. The van der Waals surface area contributed by atoms with Crippen LogP contribution in [0, 0.1) is 5.92 Å². The second-order valence-electron chi connectivity index (χ2n) is 8.67. The quantitative estimate of drug-likeness (QED) is 0.522. The summed E-state index contributed by atoms with van der Waals surface area (Å²) in [6.07, 6.45) is 8.21. The predicted octanol–water partition coefficient (Wildman–Crippen LogP) is 4.65. The summed E-state index contributed by atoms with van der Waals surface area (Å²) in [5.74, 6) is 1.17. The first-order valence-corrected chi connectivity index (χ1v) is 11.9. The summed E-state index contributed by atoms with van der Waals surface area (Å²) in [5.41, 5.74) is 2.39. The summed E-state index contributed by atoms with van der Waals surface area (Å²) >= 11 is 0. The van der Waals surface area contributed by atoms with Crippen molar-refractivity contribution in [3.63, 3.8) is 0 Å². The zero-order valence-electron chi connectivity index (χ0n) is 19.5. The van der Waals surface area contributed by atoms with E-state index in [9.17, 15) is 9.59 Å². The highest BCUT2D eigenvalue weighted by molar-refractivity contribution is 5.97. The molecular weight excluding hydrogens is 444 g/mol. The van der Waals surface area contributed by atoms with Crippen molar-refractivity contribution in [1.82, 2.24) is 4.90 Å². The number of ether oxygens (including phenoxy) is 2. The fraction of sp³-hybridized carbons (Fsp3) is 0.286. The monoisotopic (exact) mass is 472 g/mol. The molecular formula is C28H28N2O5. The van der Waals surface area contributed by atoms with Gasteiger partial charge in [0.25, 0.3) is 5.91 Å². The van der Waals surface area contributed by atoms with Crippen molar-refractivity contribution in [2.75, 3.05) is 37.7 Å². The van der Waals surface area contributed by atoms with Crippen LogP contribution in [0.3, 0.4) is 0 Å². The standard InChI is InChI=1S/C28H28N2O5/c31-27(23-12-16-33-20-23)29-14-10-22(11-15-29)28(32)30(13-4-7-21-5-2-1-3-6-21)24-8-9-25-26(19-24)35-18-17-34-25/h1-9,12,16,19-20,22H,10-11,13-15,17-18H2/b7-4-.